The number of ether oxygens (including phenoxy) is 1. The van der Waals surface area contributed by atoms with Crippen molar-refractivity contribution in [1.82, 2.24) is 4.90 Å². The number of aliphatic hydroxyl groups is 1. The maximum atomic E-state index is 9.25. The summed E-state index contributed by atoms with van der Waals surface area (Å²) < 4.78 is 5.37. The fourth-order valence-electron chi connectivity index (χ4n) is 2.17. The molecule has 0 aliphatic rings. The Morgan fingerprint density at radius 1 is 1.33 bits per heavy atom. The molecule has 0 fully saturated rings. The summed E-state index contributed by atoms with van der Waals surface area (Å²) in [6.07, 6.45) is 0. The molecule has 1 heterocycles. The minimum atomic E-state index is 0.103. The first kappa shape index (κ1) is 15.5. The summed E-state index contributed by atoms with van der Waals surface area (Å²) >= 11 is 1.57. The van der Waals surface area contributed by atoms with Crippen molar-refractivity contribution in [2.45, 2.75) is 13.1 Å². The molecule has 0 amide bonds. The van der Waals surface area contributed by atoms with Crippen LogP contribution in [-0.4, -0.2) is 30.3 Å². The Morgan fingerprint density at radius 3 is 2.81 bits per heavy atom. The van der Waals surface area contributed by atoms with E-state index in [0.717, 1.165) is 16.2 Å². The Labute approximate surface area is 128 Å². The summed E-state index contributed by atoms with van der Waals surface area (Å²) in [5.41, 5.74) is 1.78. The number of thiophene rings is 1. The second kappa shape index (κ2) is 7.79. The van der Waals surface area contributed by atoms with Crippen LogP contribution in [0.25, 0.3) is 0 Å². The summed E-state index contributed by atoms with van der Waals surface area (Å²) in [6, 6.07) is 11.9. The van der Waals surface area contributed by atoms with Gasteiger partial charge >= 0.3 is 0 Å². The van der Waals surface area contributed by atoms with Gasteiger partial charge in [-0.05, 0) is 12.1 Å². The van der Waals surface area contributed by atoms with Crippen LogP contribution in [0.15, 0.2) is 35.7 Å². The highest BCUT2D eigenvalue weighted by molar-refractivity contribution is 7.10. The SMILES string of the molecule is COc1ccccc1CN(CCO)Cc1cc(C#N)cs1. The fourth-order valence-corrected chi connectivity index (χ4v) is 3.02. The Hall–Kier alpha value is -1.87. The van der Waals surface area contributed by atoms with Gasteiger partial charge in [0.2, 0.25) is 0 Å². The van der Waals surface area contributed by atoms with Gasteiger partial charge in [-0.1, -0.05) is 18.2 Å². The number of hydrogen-bond acceptors (Lipinski definition) is 5. The van der Waals surface area contributed by atoms with Gasteiger partial charge in [-0.25, -0.2) is 0 Å². The van der Waals surface area contributed by atoms with Crippen LogP contribution in [0.2, 0.25) is 0 Å². The van der Waals surface area contributed by atoms with Crippen LogP contribution in [0, 0.1) is 11.3 Å². The van der Waals surface area contributed by atoms with Crippen molar-refractivity contribution < 1.29 is 9.84 Å². The van der Waals surface area contributed by atoms with Gasteiger partial charge < -0.3 is 9.84 Å². The largest absolute Gasteiger partial charge is 0.496 e. The van der Waals surface area contributed by atoms with Gasteiger partial charge in [-0.3, -0.25) is 4.90 Å². The van der Waals surface area contributed by atoms with Gasteiger partial charge in [0.05, 0.1) is 19.3 Å². The molecular weight excluding hydrogens is 284 g/mol. The Bertz CT molecular complexity index is 619. The number of aliphatic hydroxyl groups excluding tert-OH is 1. The highest BCUT2D eigenvalue weighted by atomic mass is 32.1. The van der Waals surface area contributed by atoms with Crippen LogP contribution in [0.5, 0.6) is 5.75 Å². The number of nitrogens with zero attached hydrogens (tertiary/aromatic N) is 2. The van der Waals surface area contributed by atoms with Crippen molar-refractivity contribution in [1.29, 1.82) is 5.26 Å². The van der Waals surface area contributed by atoms with Gasteiger partial charge in [0, 0.05) is 35.5 Å². The van der Waals surface area contributed by atoms with E-state index in [2.05, 4.69) is 11.0 Å². The fraction of sp³-hybridized carbons (Fsp3) is 0.312. The van der Waals surface area contributed by atoms with E-state index in [4.69, 9.17) is 10.00 Å². The van der Waals surface area contributed by atoms with Gasteiger partial charge in [0.25, 0.3) is 0 Å². The van der Waals surface area contributed by atoms with E-state index in [-0.39, 0.29) is 6.61 Å². The molecule has 0 spiro atoms. The predicted molar refractivity (Wildman–Crippen MR) is 83.2 cm³/mol. The lowest BCUT2D eigenvalue weighted by Crippen LogP contribution is -2.25. The minimum absolute atomic E-state index is 0.103. The molecule has 110 valence electrons. The van der Waals surface area contributed by atoms with Gasteiger partial charge in [-0.2, -0.15) is 5.26 Å². The van der Waals surface area contributed by atoms with E-state index in [1.165, 1.54) is 0 Å². The van der Waals surface area contributed by atoms with Crippen molar-refractivity contribution in [2.24, 2.45) is 0 Å². The number of nitriles is 1. The first-order valence-electron chi connectivity index (χ1n) is 6.69. The smallest absolute Gasteiger partial charge is 0.123 e. The van der Waals surface area contributed by atoms with Crippen molar-refractivity contribution in [3.05, 3.63) is 51.7 Å². The average molecular weight is 302 g/mol. The predicted octanol–water partition coefficient (Wildman–Crippen LogP) is 2.62. The van der Waals surface area contributed by atoms with Crippen molar-refractivity contribution in [3.63, 3.8) is 0 Å². The molecule has 0 bridgehead atoms. The Balaban J connectivity index is 2.10. The van der Waals surface area contributed by atoms with E-state index in [1.54, 1.807) is 18.4 Å². The molecule has 4 nitrogen and oxygen atoms in total. The standard InChI is InChI=1S/C16H18N2O2S/c1-20-16-5-3-2-4-14(16)10-18(6-7-19)11-15-8-13(9-17)12-21-15/h2-5,8,12,19H,6-7,10-11H2,1H3. The molecule has 1 aromatic heterocycles. The lowest BCUT2D eigenvalue weighted by molar-refractivity contribution is 0.184. The molecule has 1 aromatic carbocycles. The first-order valence-corrected chi connectivity index (χ1v) is 7.57. The van der Waals surface area contributed by atoms with Crippen molar-refractivity contribution >= 4 is 11.3 Å². The van der Waals surface area contributed by atoms with Crippen LogP contribution < -0.4 is 4.74 Å². The molecule has 0 unspecified atom stereocenters. The molecule has 0 aliphatic carbocycles. The van der Waals surface area contributed by atoms with E-state index in [1.807, 2.05) is 35.7 Å². The summed E-state index contributed by atoms with van der Waals surface area (Å²) in [5.74, 6) is 0.851. The molecule has 1 N–H and O–H groups in total. The third-order valence-electron chi connectivity index (χ3n) is 3.17. The lowest BCUT2D eigenvalue weighted by Gasteiger charge is -2.21. The zero-order chi connectivity index (χ0) is 15.1. The highest BCUT2D eigenvalue weighted by Gasteiger charge is 2.11. The quantitative estimate of drug-likeness (QED) is 0.854. The Morgan fingerprint density at radius 2 is 2.14 bits per heavy atom. The number of methoxy groups -OCH3 is 1. The average Bonchev–Trinajstić information content (AvgIpc) is 2.95. The summed E-state index contributed by atoms with van der Waals surface area (Å²) in [6.45, 7) is 2.10. The zero-order valence-corrected chi connectivity index (χ0v) is 12.8. The van der Waals surface area contributed by atoms with E-state index < -0.39 is 0 Å². The molecule has 21 heavy (non-hydrogen) atoms. The molecule has 0 saturated carbocycles. The topological polar surface area (TPSA) is 56.5 Å². The molecule has 5 heteroatoms. The lowest BCUT2D eigenvalue weighted by atomic mass is 10.2. The second-order valence-corrected chi connectivity index (χ2v) is 5.66. The number of benzene rings is 1. The minimum Gasteiger partial charge on any atom is -0.496 e. The third kappa shape index (κ3) is 4.30. The molecule has 0 radical (unpaired) electrons. The van der Waals surface area contributed by atoms with Gasteiger partial charge in [-0.15, -0.1) is 11.3 Å². The third-order valence-corrected chi connectivity index (χ3v) is 4.09. The monoisotopic (exact) mass is 302 g/mol. The van der Waals surface area contributed by atoms with Gasteiger partial charge in [0.15, 0.2) is 0 Å². The van der Waals surface area contributed by atoms with Crippen LogP contribution in [0.4, 0.5) is 0 Å². The molecule has 0 aliphatic heterocycles. The number of rotatable bonds is 7. The van der Waals surface area contributed by atoms with E-state index in [9.17, 15) is 5.11 Å². The van der Waals surface area contributed by atoms with Crippen LogP contribution in [-0.2, 0) is 13.1 Å². The summed E-state index contributed by atoms with van der Waals surface area (Å²) in [7, 11) is 1.66. The molecule has 0 atom stereocenters. The summed E-state index contributed by atoms with van der Waals surface area (Å²) in [5, 5.41) is 20.0. The van der Waals surface area contributed by atoms with E-state index in [0.29, 0.717) is 25.2 Å². The van der Waals surface area contributed by atoms with Gasteiger partial charge in [0.1, 0.15) is 11.8 Å². The molecular formula is C16H18N2O2S. The maximum Gasteiger partial charge on any atom is 0.123 e. The first-order chi connectivity index (χ1) is 10.3. The maximum absolute atomic E-state index is 9.25. The second-order valence-electron chi connectivity index (χ2n) is 4.66. The normalized spacial score (nSPS) is 10.6. The molecule has 2 rings (SSSR count). The highest BCUT2D eigenvalue weighted by Crippen LogP contribution is 2.22. The number of hydrogen-bond donors (Lipinski definition) is 1. The molecule has 0 saturated heterocycles. The summed E-state index contributed by atoms with van der Waals surface area (Å²) in [4.78, 5) is 3.26. The number of para-hydroxylation sites is 1. The van der Waals surface area contributed by atoms with Crippen molar-refractivity contribution in [2.75, 3.05) is 20.3 Å². The van der Waals surface area contributed by atoms with Crippen LogP contribution in [0.3, 0.4) is 0 Å². The Kier molecular flexibility index (Phi) is 5.76. The molecule has 2 aromatic rings. The van der Waals surface area contributed by atoms with Crippen LogP contribution >= 0.6 is 11.3 Å². The van der Waals surface area contributed by atoms with Crippen LogP contribution in [0.1, 0.15) is 16.0 Å². The van der Waals surface area contributed by atoms with Crippen molar-refractivity contribution in [3.8, 4) is 11.8 Å². The zero-order valence-electron chi connectivity index (χ0n) is 12.0. The van der Waals surface area contributed by atoms with E-state index >= 15 is 0 Å².